The molecule has 1 rings (SSSR count). The Kier molecular flexibility index (Phi) is 4.85. The lowest BCUT2D eigenvalue weighted by atomic mass is 10.1. The van der Waals surface area contributed by atoms with Crippen LogP contribution in [0.1, 0.15) is 26.7 Å². The fourth-order valence-electron chi connectivity index (χ4n) is 1.85. The fraction of sp³-hybridized carbons (Fsp3) is 0.636. The normalized spacial score (nSPS) is 20.1. The summed E-state index contributed by atoms with van der Waals surface area (Å²) in [4.78, 5) is 46.2. The summed E-state index contributed by atoms with van der Waals surface area (Å²) in [5, 5.41) is 13.6. The average molecular weight is 271 g/mol. The summed E-state index contributed by atoms with van der Waals surface area (Å²) < 4.78 is 0. The van der Waals surface area contributed by atoms with Crippen molar-refractivity contribution in [2.75, 3.05) is 6.54 Å². The van der Waals surface area contributed by atoms with Gasteiger partial charge in [-0.15, -0.1) is 0 Å². The molecule has 1 heterocycles. The molecular weight excluding hydrogens is 254 g/mol. The lowest BCUT2D eigenvalue weighted by Gasteiger charge is -2.19. The predicted molar refractivity (Wildman–Crippen MR) is 64.2 cm³/mol. The van der Waals surface area contributed by atoms with Crippen LogP contribution in [0.2, 0.25) is 0 Å². The van der Waals surface area contributed by atoms with Crippen LogP contribution in [-0.4, -0.2) is 52.4 Å². The number of aliphatic carboxylic acids is 1. The van der Waals surface area contributed by atoms with Crippen molar-refractivity contribution in [2.24, 2.45) is 0 Å². The van der Waals surface area contributed by atoms with E-state index >= 15 is 0 Å². The van der Waals surface area contributed by atoms with E-state index in [2.05, 4.69) is 10.6 Å². The molecule has 0 aromatic rings. The molecule has 4 amide bonds. The maximum Gasteiger partial charge on any atom is 0.328 e. The molecule has 19 heavy (non-hydrogen) atoms. The quantitative estimate of drug-likeness (QED) is 0.552. The second kappa shape index (κ2) is 6.17. The number of nitrogens with zero attached hydrogens (tertiary/aromatic N) is 1. The molecule has 0 aliphatic carbocycles. The highest BCUT2D eigenvalue weighted by Crippen LogP contribution is 2.11. The molecule has 1 aliphatic rings. The van der Waals surface area contributed by atoms with Crippen LogP contribution in [0, 0.1) is 0 Å². The third-order valence-electron chi connectivity index (χ3n) is 2.73. The van der Waals surface area contributed by atoms with Crippen LogP contribution in [0.15, 0.2) is 0 Å². The minimum atomic E-state index is -1.30. The number of hydrogen-bond acceptors (Lipinski definition) is 4. The van der Waals surface area contributed by atoms with Gasteiger partial charge in [-0.25, -0.2) is 9.59 Å². The Morgan fingerprint density at radius 3 is 2.58 bits per heavy atom. The molecule has 0 saturated carbocycles. The zero-order valence-electron chi connectivity index (χ0n) is 10.8. The van der Waals surface area contributed by atoms with Crippen LogP contribution >= 0.6 is 0 Å². The minimum absolute atomic E-state index is 0.375. The van der Waals surface area contributed by atoms with Crippen LogP contribution in [0.4, 0.5) is 4.79 Å². The second-order valence-electron chi connectivity index (χ2n) is 4.33. The molecule has 1 aliphatic heterocycles. The van der Waals surface area contributed by atoms with Gasteiger partial charge in [-0.05, 0) is 6.42 Å². The summed E-state index contributed by atoms with van der Waals surface area (Å²) >= 11 is 0. The van der Waals surface area contributed by atoms with E-state index in [4.69, 9.17) is 5.11 Å². The summed E-state index contributed by atoms with van der Waals surface area (Å²) in [7, 11) is 0. The van der Waals surface area contributed by atoms with Gasteiger partial charge in [0.25, 0.3) is 5.91 Å². The van der Waals surface area contributed by atoms with Crippen LogP contribution in [0.3, 0.4) is 0 Å². The lowest BCUT2D eigenvalue weighted by Crippen LogP contribution is -2.49. The van der Waals surface area contributed by atoms with E-state index in [1.807, 2.05) is 6.92 Å². The fourth-order valence-corrected chi connectivity index (χ4v) is 1.85. The van der Waals surface area contributed by atoms with Gasteiger partial charge in [0.05, 0.1) is 6.54 Å². The number of urea groups is 1. The minimum Gasteiger partial charge on any atom is -0.480 e. The molecule has 0 radical (unpaired) electrons. The van der Waals surface area contributed by atoms with Gasteiger partial charge in [-0.3, -0.25) is 14.5 Å². The van der Waals surface area contributed by atoms with E-state index in [1.165, 1.54) is 6.92 Å². The van der Waals surface area contributed by atoms with Gasteiger partial charge in [-0.1, -0.05) is 13.3 Å². The average Bonchev–Trinajstić information content (AvgIpc) is 2.55. The Morgan fingerprint density at radius 2 is 2.11 bits per heavy atom. The number of rotatable bonds is 6. The van der Waals surface area contributed by atoms with Crippen molar-refractivity contribution >= 4 is 23.8 Å². The third-order valence-corrected chi connectivity index (χ3v) is 2.73. The van der Waals surface area contributed by atoms with Gasteiger partial charge in [0, 0.05) is 6.92 Å². The summed E-state index contributed by atoms with van der Waals surface area (Å²) in [6.07, 6.45) is 1.22. The molecule has 0 spiro atoms. The van der Waals surface area contributed by atoms with Crippen molar-refractivity contribution in [1.82, 2.24) is 15.5 Å². The van der Waals surface area contributed by atoms with Gasteiger partial charge >= 0.3 is 12.0 Å². The van der Waals surface area contributed by atoms with E-state index in [0.717, 1.165) is 11.3 Å². The van der Waals surface area contributed by atoms with Crippen LogP contribution in [0.5, 0.6) is 0 Å². The molecule has 0 aromatic carbocycles. The molecule has 1 saturated heterocycles. The van der Waals surface area contributed by atoms with Crippen molar-refractivity contribution in [3.63, 3.8) is 0 Å². The van der Waals surface area contributed by atoms with Crippen molar-refractivity contribution in [3.05, 3.63) is 0 Å². The summed E-state index contributed by atoms with van der Waals surface area (Å²) in [5.74, 6) is -2.29. The zero-order chi connectivity index (χ0) is 14.6. The van der Waals surface area contributed by atoms with E-state index in [-0.39, 0.29) is 6.54 Å². The Labute approximate surface area is 110 Å². The number of carboxylic acids is 1. The molecule has 2 atom stereocenters. The molecule has 8 nitrogen and oxygen atoms in total. The molecule has 8 heteroatoms. The number of carbonyl (C=O) groups is 4. The maximum atomic E-state index is 11.9. The molecule has 3 N–H and O–H groups in total. The van der Waals surface area contributed by atoms with Gasteiger partial charge in [0.1, 0.15) is 12.1 Å². The standard InChI is InChI=1S/C11H17N3O5/c1-3-4-7-9(16)14(11(19)13-7)5-8(10(17)18)12-6(2)15/h7-8H,3-5H2,1-2H3,(H,12,15)(H,13,19)(H,17,18). The first-order valence-electron chi connectivity index (χ1n) is 5.98. The lowest BCUT2D eigenvalue weighted by molar-refractivity contribution is -0.142. The van der Waals surface area contributed by atoms with Gasteiger partial charge in [-0.2, -0.15) is 0 Å². The smallest absolute Gasteiger partial charge is 0.328 e. The molecular formula is C11H17N3O5. The maximum absolute atomic E-state index is 11.9. The van der Waals surface area contributed by atoms with Gasteiger partial charge in [0.2, 0.25) is 5.91 Å². The van der Waals surface area contributed by atoms with Crippen LogP contribution in [-0.2, 0) is 14.4 Å². The van der Waals surface area contributed by atoms with E-state index in [9.17, 15) is 19.2 Å². The van der Waals surface area contributed by atoms with Gasteiger partial charge in [0.15, 0.2) is 0 Å². The Balaban J connectivity index is 2.73. The summed E-state index contributed by atoms with van der Waals surface area (Å²) in [6, 6.07) is -2.53. The Bertz CT molecular complexity index is 409. The number of amides is 4. The first-order chi connectivity index (χ1) is 8.86. The SMILES string of the molecule is CCCC1NC(=O)N(CC(NC(C)=O)C(=O)O)C1=O. The molecule has 0 bridgehead atoms. The van der Waals surface area contributed by atoms with E-state index < -0.39 is 35.9 Å². The first kappa shape index (κ1) is 14.9. The van der Waals surface area contributed by atoms with E-state index in [0.29, 0.717) is 6.42 Å². The monoisotopic (exact) mass is 271 g/mol. The van der Waals surface area contributed by atoms with Crippen LogP contribution < -0.4 is 10.6 Å². The number of nitrogens with one attached hydrogen (secondary N) is 2. The van der Waals surface area contributed by atoms with Gasteiger partial charge < -0.3 is 15.7 Å². The largest absolute Gasteiger partial charge is 0.480 e. The molecule has 2 unspecified atom stereocenters. The third kappa shape index (κ3) is 3.67. The number of carbonyl (C=O) groups excluding carboxylic acids is 3. The highest BCUT2D eigenvalue weighted by molar-refractivity contribution is 6.04. The zero-order valence-corrected chi connectivity index (χ0v) is 10.8. The highest BCUT2D eigenvalue weighted by atomic mass is 16.4. The molecule has 0 aromatic heterocycles. The topological polar surface area (TPSA) is 116 Å². The number of imide groups is 1. The van der Waals surface area contributed by atoms with Crippen molar-refractivity contribution < 1.29 is 24.3 Å². The van der Waals surface area contributed by atoms with Crippen molar-refractivity contribution in [3.8, 4) is 0 Å². The Hall–Kier alpha value is -2.12. The van der Waals surface area contributed by atoms with Crippen molar-refractivity contribution in [2.45, 2.75) is 38.8 Å². The highest BCUT2D eigenvalue weighted by Gasteiger charge is 2.39. The second-order valence-corrected chi connectivity index (χ2v) is 4.33. The number of hydrogen-bond donors (Lipinski definition) is 3. The first-order valence-corrected chi connectivity index (χ1v) is 5.98. The van der Waals surface area contributed by atoms with Crippen molar-refractivity contribution in [1.29, 1.82) is 0 Å². The van der Waals surface area contributed by atoms with Crippen LogP contribution in [0.25, 0.3) is 0 Å². The molecule has 106 valence electrons. The van der Waals surface area contributed by atoms with E-state index in [1.54, 1.807) is 0 Å². The number of carboxylic acid groups (broad SMARTS) is 1. The predicted octanol–water partition coefficient (Wildman–Crippen LogP) is -0.704. The summed E-state index contributed by atoms with van der Waals surface area (Å²) in [6.45, 7) is 2.67. The molecule has 1 fully saturated rings. The summed E-state index contributed by atoms with van der Waals surface area (Å²) in [5.41, 5.74) is 0. The Morgan fingerprint density at radius 1 is 1.47 bits per heavy atom.